The van der Waals surface area contributed by atoms with E-state index in [9.17, 15) is 0 Å². The Kier molecular flexibility index (Phi) is 9.62. The van der Waals surface area contributed by atoms with Crippen LogP contribution in [-0.4, -0.2) is 63.8 Å². The molecule has 0 unspecified atom stereocenters. The van der Waals surface area contributed by atoms with E-state index in [2.05, 4.69) is 71.4 Å². The van der Waals surface area contributed by atoms with Crippen molar-refractivity contribution in [2.75, 3.05) is 40.0 Å². The summed E-state index contributed by atoms with van der Waals surface area (Å²) < 4.78 is 5.25. The molecule has 0 radical (unpaired) electrons. The van der Waals surface area contributed by atoms with Gasteiger partial charge in [0.15, 0.2) is 5.84 Å². The SMILES string of the molecule is CC[C@H](CC[C@@H](C)CN=C1C=C(C2=NCC=C(NCC3(C)CC3)N2)NCN1)N[C@@H](C)COC. The van der Waals surface area contributed by atoms with Gasteiger partial charge in [-0.15, -0.1) is 0 Å². The maximum atomic E-state index is 5.25. The molecule has 186 valence electrons. The summed E-state index contributed by atoms with van der Waals surface area (Å²) in [7, 11) is 1.76. The Morgan fingerprint density at radius 3 is 2.79 bits per heavy atom. The number of methoxy groups -OCH3 is 1. The molecule has 2 heterocycles. The highest BCUT2D eigenvalue weighted by molar-refractivity contribution is 6.06. The first-order chi connectivity index (χ1) is 15.9. The maximum Gasteiger partial charge on any atom is 0.150 e. The molecule has 0 amide bonds. The second-order valence-corrected chi connectivity index (χ2v) is 10.2. The summed E-state index contributed by atoms with van der Waals surface area (Å²) in [5, 5.41) is 17.4. The van der Waals surface area contributed by atoms with Crippen molar-refractivity contribution in [3.63, 3.8) is 0 Å². The number of nitrogens with zero attached hydrogens (tertiary/aromatic N) is 2. The van der Waals surface area contributed by atoms with Gasteiger partial charge < -0.3 is 31.3 Å². The third kappa shape index (κ3) is 8.66. The zero-order valence-corrected chi connectivity index (χ0v) is 21.3. The van der Waals surface area contributed by atoms with Crippen LogP contribution in [-0.2, 0) is 4.74 Å². The highest BCUT2D eigenvalue weighted by atomic mass is 16.5. The number of rotatable bonds is 14. The maximum absolute atomic E-state index is 5.25. The van der Waals surface area contributed by atoms with Crippen molar-refractivity contribution in [2.45, 2.75) is 71.9 Å². The molecule has 0 bridgehead atoms. The normalized spacial score (nSPS) is 23.2. The lowest BCUT2D eigenvalue weighted by Gasteiger charge is -2.25. The van der Waals surface area contributed by atoms with E-state index in [1.165, 1.54) is 12.8 Å². The summed E-state index contributed by atoms with van der Waals surface area (Å²) in [6, 6.07) is 0.916. The highest BCUT2D eigenvalue weighted by Crippen LogP contribution is 2.44. The molecule has 33 heavy (non-hydrogen) atoms. The van der Waals surface area contributed by atoms with Gasteiger partial charge in [-0.05, 0) is 56.4 Å². The van der Waals surface area contributed by atoms with E-state index in [1.54, 1.807) is 7.11 Å². The van der Waals surface area contributed by atoms with Crippen molar-refractivity contribution in [2.24, 2.45) is 21.3 Å². The van der Waals surface area contributed by atoms with Crippen molar-refractivity contribution in [1.29, 1.82) is 0 Å². The fourth-order valence-corrected chi connectivity index (χ4v) is 4.07. The molecule has 8 heteroatoms. The number of hydrogen-bond donors (Lipinski definition) is 5. The molecule has 0 aromatic heterocycles. The number of ether oxygens (including phenoxy) is 1. The molecule has 1 aliphatic carbocycles. The molecule has 1 fully saturated rings. The molecule has 5 N–H and O–H groups in total. The van der Waals surface area contributed by atoms with Crippen LogP contribution in [0, 0.1) is 11.3 Å². The Hall–Kier alpha value is -2.06. The van der Waals surface area contributed by atoms with E-state index in [4.69, 9.17) is 9.73 Å². The molecule has 3 aliphatic rings. The van der Waals surface area contributed by atoms with Crippen molar-refractivity contribution in [1.82, 2.24) is 26.6 Å². The predicted octanol–water partition coefficient (Wildman–Crippen LogP) is 2.47. The minimum absolute atomic E-state index is 0.386. The predicted molar refractivity (Wildman–Crippen MR) is 137 cm³/mol. The van der Waals surface area contributed by atoms with Crippen LogP contribution in [0.15, 0.2) is 33.7 Å². The van der Waals surface area contributed by atoms with Gasteiger partial charge in [0.2, 0.25) is 0 Å². The van der Waals surface area contributed by atoms with Gasteiger partial charge in [0.05, 0.1) is 25.5 Å². The standard InChI is InChI=1S/C25H45N7O/c1-6-20(31-19(3)15-33-5)8-7-18(2)14-27-23-13-21(29-17-30-23)24-26-12-9-22(32-24)28-16-25(4)10-11-25/h9,13,18-20,28-29,31H,6-8,10-12,14-17H2,1-5H3,(H,26,32)(H,27,30)/t18-,19+,20-/m1/s1. The van der Waals surface area contributed by atoms with E-state index >= 15 is 0 Å². The largest absolute Gasteiger partial charge is 0.383 e. The first-order valence-electron chi connectivity index (χ1n) is 12.7. The average molecular weight is 460 g/mol. The van der Waals surface area contributed by atoms with Crippen LogP contribution in [0.4, 0.5) is 0 Å². The number of nitrogens with one attached hydrogen (secondary N) is 5. The van der Waals surface area contributed by atoms with Crippen LogP contribution in [0.25, 0.3) is 0 Å². The molecule has 0 saturated heterocycles. The third-order valence-electron chi connectivity index (χ3n) is 6.70. The minimum atomic E-state index is 0.386. The van der Waals surface area contributed by atoms with E-state index < -0.39 is 0 Å². The van der Waals surface area contributed by atoms with Gasteiger partial charge in [0.1, 0.15) is 11.7 Å². The van der Waals surface area contributed by atoms with Crippen molar-refractivity contribution in [3.8, 4) is 0 Å². The van der Waals surface area contributed by atoms with Gasteiger partial charge in [-0.1, -0.05) is 20.8 Å². The van der Waals surface area contributed by atoms with Crippen molar-refractivity contribution >= 4 is 11.7 Å². The van der Waals surface area contributed by atoms with Gasteiger partial charge in [0, 0.05) is 38.4 Å². The second kappa shape index (κ2) is 12.4. The highest BCUT2D eigenvalue weighted by Gasteiger charge is 2.37. The van der Waals surface area contributed by atoms with Gasteiger partial charge >= 0.3 is 0 Å². The molecular formula is C25H45N7O. The zero-order chi connectivity index (χ0) is 23.7. The van der Waals surface area contributed by atoms with Crippen LogP contribution in [0.2, 0.25) is 0 Å². The summed E-state index contributed by atoms with van der Waals surface area (Å²) >= 11 is 0. The topological polar surface area (TPSA) is 94.1 Å². The second-order valence-electron chi connectivity index (χ2n) is 10.2. The number of hydrogen-bond acceptors (Lipinski definition) is 7. The van der Waals surface area contributed by atoms with Crippen LogP contribution in [0.5, 0.6) is 0 Å². The Morgan fingerprint density at radius 1 is 1.24 bits per heavy atom. The molecule has 3 atom stereocenters. The van der Waals surface area contributed by atoms with Gasteiger partial charge in [-0.25, -0.2) is 0 Å². The summed E-state index contributed by atoms with van der Waals surface area (Å²) in [6.07, 6.45) is 10.3. The quantitative estimate of drug-likeness (QED) is 0.274. The van der Waals surface area contributed by atoms with Crippen LogP contribution in [0.1, 0.15) is 59.8 Å². The van der Waals surface area contributed by atoms with Crippen molar-refractivity contribution < 1.29 is 4.74 Å². The lowest BCUT2D eigenvalue weighted by atomic mass is 9.99. The molecule has 1 saturated carbocycles. The molecule has 0 aromatic carbocycles. The lowest BCUT2D eigenvalue weighted by molar-refractivity contribution is 0.164. The molecular weight excluding hydrogens is 414 g/mol. The van der Waals surface area contributed by atoms with E-state index in [0.717, 1.165) is 62.1 Å². The third-order valence-corrected chi connectivity index (χ3v) is 6.70. The van der Waals surface area contributed by atoms with Crippen LogP contribution in [0.3, 0.4) is 0 Å². The summed E-state index contributed by atoms with van der Waals surface area (Å²) in [5.41, 5.74) is 1.46. The monoisotopic (exact) mass is 459 g/mol. The zero-order valence-electron chi connectivity index (χ0n) is 21.3. The van der Waals surface area contributed by atoms with Crippen LogP contribution < -0.4 is 26.6 Å². The molecule has 2 aliphatic heterocycles. The van der Waals surface area contributed by atoms with Gasteiger partial charge in [0.25, 0.3) is 0 Å². The Labute approximate surface area is 200 Å². The van der Waals surface area contributed by atoms with Gasteiger partial charge in [-0.2, -0.15) is 0 Å². The van der Waals surface area contributed by atoms with Gasteiger partial charge in [-0.3, -0.25) is 9.98 Å². The smallest absolute Gasteiger partial charge is 0.150 e. The first-order valence-corrected chi connectivity index (χ1v) is 12.7. The van der Waals surface area contributed by atoms with E-state index in [1.807, 2.05) is 0 Å². The van der Waals surface area contributed by atoms with E-state index in [0.29, 0.717) is 36.6 Å². The van der Waals surface area contributed by atoms with Crippen molar-refractivity contribution in [3.05, 3.63) is 23.7 Å². The Bertz CT molecular complexity index is 754. The summed E-state index contributed by atoms with van der Waals surface area (Å²) in [4.78, 5) is 9.50. The van der Waals surface area contributed by atoms with E-state index in [-0.39, 0.29) is 0 Å². The molecule has 8 nitrogen and oxygen atoms in total. The molecule has 0 spiro atoms. The fourth-order valence-electron chi connectivity index (χ4n) is 4.07. The Balaban J connectivity index is 1.45. The number of amidine groups is 2. The summed E-state index contributed by atoms with van der Waals surface area (Å²) in [6.45, 7) is 13.0. The number of aliphatic imine (C=N–C) groups is 2. The average Bonchev–Trinajstić information content (AvgIpc) is 3.57. The lowest BCUT2D eigenvalue weighted by Crippen LogP contribution is -2.45. The Morgan fingerprint density at radius 2 is 2.06 bits per heavy atom. The first kappa shape index (κ1) is 25.6. The van der Waals surface area contributed by atoms with Crippen LogP contribution >= 0.6 is 0 Å². The minimum Gasteiger partial charge on any atom is -0.383 e. The molecule has 3 rings (SSSR count). The summed E-state index contributed by atoms with van der Waals surface area (Å²) in [5.74, 6) is 3.39. The fraction of sp³-hybridized carbons (Fsp3) is 0.760. The molecule has 0 aromatic rings.